The van der Waals surface area contributed by atoms with Gasteiger partial charge in [0.1, 0.15) is 0 Å². The van der Waals surface area contributed by atoms with Crippen LogP contribution in [-0.2, 0) is 11.2 Å². The van der Waals surface area contributed by atoms with Gasteiger partial charge in [-0.05, 0) is 43.4 Å². The van der Waals surface area contributed by atoms with Crippen LogP contribution < -0.4 is 5.73 Å². The Morgan fingerprint density at radius 3 is 2.50 bits per heavy atom. The molecule has 1 fully saturated rings. The lowest BCUT2D eigenvalue weighted by Crippen LogP contribution is -2.41. The molecule has 4 heteroatoms. The molecule has 20 heavy (non-hydrogen) atoms. The largest absolute Gasteiger partial charge is 0.393 e. The molecule has 1 aliphatic rings. The first kappa shape index (κ1) is 15.0. The number of amides is 1. The van der Waals surface area contributed by atoms with Crippen LogP contribution in [-0.4, -0.2) is 28.9 Å². The number of nitrogens with two attached hydrogens (primary N) is 1. The number of rotatable bonds is 3. The van der Waals surface area contributed by atoms with Crippen LogP contribution in [0.2, 0.25) is 0 Å². The minimum Gasteiger partial charge on any atom is -0.393 e. The van der Waals surface area contributed by atoms with E-state index in [4.69, 9.17) is 18.0 Å². The van der Waals surface area contributed by atoms with Crippen molar-refractivity contribution in [1.29, 1.82) is 0 Å². The summed E-state index contributed by atoms with van der Waals surface area (Å²) in [4.78, 5) is 14.8. The number of thiocarbonyl (C=S) groups is 1. The molecule has 1 aliphatic heterocycles. The second-order valence-electron chi connectivity index (χ2n) is 5.65. The molecule has 0 aliphatic carbocycles. The molecule has 0 atom stereocenters. The number of piperidine rings is 1. The maximum atomic E-state index is 12.3. The summed E-state index contributed by atoms with van der Waals surface area (Å²) < 4.78 is 0. The number of nitrogens with zero attached hydrogens (tertiary/aromatic N) is 1. The fourth-order valence-electron chi connectivity index (χ4n) is 2.61. The van der Waals surface area contributed by atoms with Gasteiger partial charge in [-0.15, -0.1) is 0 Å². The smallest absolute Gasteiger partial charge is 0.226 e. The third-order valence-electron chi connectivity index (χ3n) is 4.18. The molecule has 2 N–H and O–H groups in total. The molecule has 0 spiro atoms. The van der Waals surface area contributed by atoms with E-state index in [9.17, 15) is 4.79 Å². The van der Waals surface area contributed by atoms with Gasteiger partial charge in [-0.3, -0.25) is 4.79 Å². The fourth-order valence-corrected chi connectivity index (χ4v) is 2.85. The minimum atomic E-state index is 0.203. The molecule has 108 valence electrons. The van der Waals surface area contributed by atoms with Crippen LogP contribution in [0.4, 0.5) is 0 Å². The van der Waals surface area contributed by atoms with Gasteiger partial charge in [0, 0.05) is 19.0 Å². The quantitative estimate of drug-likeness (QED) is 0.869. The lowest BCUT2D eigenvalue weighted by atomic mass is 9.96. The van der Waals surface area contributed by atoms with Crippen molar-refractivity contribution in [2.75, 3.05) is 13.1 Å². The maximum Gasteiger partial charge on any atom is 0.226 e. The third kappa shape index (κ3) is 3.57. The average Bonchev–Trinajstić information content (AvgIpc) is 2.43. The second-order valence-corrected chi connectivity index (χ2v) is 6.12. The lowest BCUT2D eigenvalue weighted by Gasteiger charge is -2.31. The molecule has 0 saturated carbocycles. The van der Waals surface area contributed by atoms with Gasteiger partial charge in [0.15, 0.2) is 0 Å². The number of carbonyl (C=O) groups excluding carboxylic acids is 1. The first-order valence-corrected chi connectivity index (χ1v) is 7.51. The summed E-state index contributed by atoms with van der Waals surface area (Å²) in [7, 11) is 0. The Balaban J connectivity index is 1.92. The van der Waals surface area contributed by atoms with Crippen LogP contribution in [0.1, 0.15) is 29.5 Å². The predicted molar refractivity (Wildman–Crippen MR) is 85.7 cm³/mol. The Kier molecular flexibility index (Phi) is 4.76. The zero-order valence-corrected chi connectivity index (χ0v) is 13.0. The van der Waals surface area contributed by atoms with Gasteiger partial charge in [-0.1, -0.05) is 30.4 Å². The van der Waals surface area contributed by atoms with Gasteiger partial charge < -0.3 is 10.6 Å². The predicted octanol–water partition coefficient (Wildman–Crippen LogP) is 2.37. The van der Waals surface area contributed by atoms with Crippen molar-refractivity contribution in [3.63, 3.8) is 0 Å². The standard InChI is InChI=1S/C16H22N2OS/c1-11-3-4-13(9-12(11)2)10-15(19)18-7-5-14(6-8-18)16(17)20/h3-4,9,14H,5-8,10H2,1-2H3,(H2,17,20). The van der Waals surface area contributed by atoms with E-state index >= 15 is 0 Å². The summed E-state index contributed by atoms with van der Waals surface area (Å²) in [6.07, 6.45) is 2.28. The summed E-state index contributed by atoms with van der Waals surface area (Å²) in [5, 5.41) is 0. The zero-order chi connectivity index (χ0) is 14.7. The van der Waals surface area contributed by atoms with Crippen LogP contribution in [0, 0.1) is 19.8 Å². The highest BCUT2D eigenvalue weighted by Crippen LogP contribution is 2.19. The molecule has 1 saturated heterocycles. The van der Waals surface area contributed by atoms with E-state index in [2.05, 4.69) is 26.0 Å². The Hall–Kier alpha value is -1.42. The van der Waals surface area contributed by atoms with Gasteiger partial charge in [0.25, 0.3) is 0 Å². The highest BCUT2D eigenvalue weighted by Gasteiger charge is 2.24. The monoisotopic (exact) mass is 290 g/mol. The summed E-state index contributed by atoms with van der Waals surface area (Å²) in [6, 6.07) is 6.23. The van der Waals surface area contributed by atoms with Crippen molar-refractivity contribution >= 4 is 23.1 Å². The van der Waals surface area contributed by atoms with Crippen molar-refractivity contribution in [2.24, 2.45) is 11.7 Å². The molecule has 0 unspecified atom stereocenters. The SMILES string of the molecule is Cc1ccc(CC(=O)N2CCC(C(N)=S)CC2)cc1C. The zero-order valence-electron chi connectivity index (χ0n) is 12.2. The number of hydrogen-bond donors (Lipinski definition) is 1. The van der Waals surface area contributed by atoms with Gasteiger partial charge in [-0.25, -0.2) is 0 Å². The van der Waals surface area contributed by atoms with Gasteiger partial charge in [0.05, 0.1) is 11.4 Å². The lowest BCUT2D eigenvalue weighted by molar-refractivity contribution is -0.131. The molecule has 1 amide bonds. The minimum absolute atomic E-state index is 0.203. The highest BCUT2D eigenvalue weighted by atomic mass is 32.1. The van der Waals surface area contributed by atoms with E-state index in [1.165, 1.54) is 11.1 Å². The Labute approximate surface area is 126 Å². The van der Waals surface area contributed by atoms with E-state index in [1.54, 1.807) is 0 Å². The summed E-state index contributed by atoms with van der Waals surface area (Å²) in [6.45, 7) is 5.70. The maximum absolute atomic E-state index is 12.3. The van der Waals surface area contributed by atoms with Crippen LogP contribution in [0.5, 0.6) is 0 Å². The van der Waals surface area contributed by atoms with Crippen molar-refractivity contribution in [1.82, 2.24) is 4.90 Å². The second kappa shape index (κ2) is 6.35. The van der Waals surface area contributed by atoms with Crippen molar-refractivity contribution in [3.05, 3.63) is 34.9 Å². The number of carbonyl (C=O) groups is 1. The Morgan fingerprint density at radius 2 is 1.95 bits per heavy atom. The molecule has 1 aromatic carbocycles. The van der Waals surface area contributed by atoms with E-state index < -0.39 is 0 Å². The summed E-state index contributed by atoms with van der Waals surface area (Å²) in [5.74, 6) is 0.505. The molecular weight excluding hydrogens is 268 g/mol. The van der Waals surface area contributed by atoms with Crippen molar-refractivity contribution in [2.45, 2.75) is 33.1 Å². The van der Waals surface area contributed by atoms with E-state index in [0.29, 0.717) is 17.3 Å². The van der Waals surface area contributed by atoms with E-state index in [-0.39, 0.29) is 5.91 Å². The Morgan fingerprint density at radius 1 is 1.30 bits per heavy atom. The number of aryl methyl sites for hydroxylation is 2. The topological polar surface area (TPSA) is 46.3 Å². The fraction of sp³-hybridized carbons (Fsp3) is 0.500. The van der Waals surface area contributed by atoms with Gasteiger partial charge in [0.2, 0.25) is 5.91 Å². The molecule has 0 aromatic heterocycles. The summed E-state index contributed by atoms with van der Waals surface area (Å²) >= 11 is 5.03. The van der Waals surface area contributed by atoms with E-state index in [1.807, 2.05) is 11.0 Å². The molecule has 1 heterocycles. The summed E-state index contributed by atoms with van der Waals surface area (Å²) in [5.41, 5.74) is 9.26. The van der Waals surface area contributed by atoms with Crippen molar-refractivity contribution < 1.29 is 4.79 Å². The molecule has 0 bridgehead atoms. The van der Waals surface area contributed by atoms with Crippen LogP contribution in [0.3, 0.4) is 0 Å². The average molecular weight is 290 g/mol. The first-order chi connectivity index (χ1) is 9.47. The molecule has 0 radical (unpaired) electrons. The normalized spacial score (nSPS) is 16.2. The van der Waals surface area contributed by atoms with Crippen LogP contribution in [0.25, 0.3) is 0 Å². The third-order valence-corrected chi connectivity index (χ3v) is 4.51. The van der Waals surface area contributed by atoms with Crippen LogP contribution in [0.15, 0.2) is 18.2 Å². The van der Waals surface area contributed by atoms with E-state index in [0.717, 1.165) is 31.5 Å². The van der Waals surface area contributed by atoms with Crippen LogP contribution >= 0.6 is 12.2 Å². The first-order valence-electron chi connectivity index (χ1n) is 7.10. The highest BCUT2D eigenvalue weighted by molar-refractivity contribution is 7.80. The Bertz CT molecular complexity index is 519. The molecular formula is C16H22N2OS. The number of benzene rings is 1. The van der Waals surface area contributed by atoms with Gasteiger partial charge in [-0.2, -0.15) is 0 Å². The van der Waals surface area contributed by atoms with Crippen molar-refractivity contribution in [3.8, 4) is 0 Å². The molecule has 2 rings (SSSR count). The molecule has 1 aromatic rings. The van der Waals surface area contributed by atoms with Gasteiger partial charge >= 0.3 is 0 Å². The number of likely N-dealkylation sites (tertiary alicyclic amines) is 1. The molecule has 3 nitrogen and oxygen atoms in total. The number of hydrogen-bond acceptors (Lipinski definition) is 2.